The average Bonchev–Trinajstić information content (AvgIpc) is 2.38. The summed E-state index contributed by atoms with van der Waals surface area (Å²) >= 11 is 0. The van der Waals surface area contributed by atoms with Crippen LogP contribution in [0.15, 0.2) is 24.3 Å². The van der Waals surface area contributed by atoms with Crippen molar-refractivity contribution in [1.82, 2.24) is 4.90 Å². The molecule has 20 heavy (non-hydrogen) atoms. The highest BCUT2D eigenvalue weighted by molar-refractivity contribution is 5.87. The molecule has 0 unspecified atom stereocenters. The van der Waals surface area contributed by atoms with Gasteiger partial charge in [-0.05, 0) is 37.1 Å². The van der Waals surface area contributed by atoms with Crippen LogP contribution < -0.4 is 0 Å². The van der Waals surface area contributed by atoms with Crippen molar-refractivity contribution in [2.24, 2.45) is 5.92 Å². The van der Waals surface area contributed by atoms with Crippen LogP contribution >= 0.6 is 0 Å². The minimum Gasteiger partial charge on any atom is -0.478 e. The van der Waals surface area contributed by atoms with Crippen molar-refractivity contribution in [3.05, 3.63) is 35.4 Å². The monoisotopic (exact) mass is 287 g/mol. The number of likely N-dealkylation sites (tertiary alicyclic amines) is 1. The number of hydrogen-bond donors (Lipinski definition) is 1. The lowest BCUT2D eigenvalue weighted by molar-refractivity contribution is -0.187. The van der Waals surface area contributed by atoms with Gasteiger partial charge in [-0.1, -0.05) is 12.1 Å². The molecule has 0 spiro atoms. The normalized spacial score (nSPS) is 20.9. The SMILES string of the molecule is O=C(O)c1ccc(CN2CCC[C@@H](C(F)(F)F)C2)cc1. The number of carbonyl (C=O) groups is 1. The zero-order valence-electron chi connectivity index (χ0n) is 10.9. The summed E-state index contributed by atoms with van der Waals surface area (Å²) in [6.45, 7) is 1.09. The molecule has 1 fully saturated rings. The first kappa shape index (κ1) is 14.8. The number of rotatable bonds is 3. The maximum absolute atomic E-state index is 12.7. The Kier molecular flexibility index (Phi) is 4.32. The molecule has 1 aliphatic rings. The first-order valence-corrected chi connectivity index (χ1v) is 6.47. The zero-order valence-corrected chi connectivity index (χ0v) is 10.9. The van der Waals surface area contributed by atoms with Gasteiger partial charge in [0.1, 0.15) is 0 Å². The van der Waals surface area contributed by atoms with Gasteiger partial charge >= 0.3 is 12.1 Å². The van der Waals surface area contributed by atoms with Crippen LogP contribution in [0.4, 0.5) is 13.2 Å². The van der Waals surface area contributed by atoms with Crippen LogP contribution in [0.3, 0.4) is 0 Å². The molecule has 0 aliphatic carbocycles. The number of hydrogen-bond acceptors (Lipinski definition) is 2. The van der Waals surface area contributed by atoms with Gasteiger partial charge in [-0.25, -0.2) is 4.79 Å². The van der Waals surface area contributed by atoms with E-state index in [0.717, 1.165) is 5.56 Å². The van der Waals surface area contributed by atoms with Crippen LogP contribution in [0.1, 0.15) is 28.8 Å². The third kappa shape index (κ3) is 3.72. The van der Waals surface area contributed by atoms with E-state index in [2.05, 4.69) is 0 Å². The third-order valence-electron chi connectivity index (χ3n) is 3.58. The number of benzene rings is 1. The summed E-state index contributed by atoms with van der Waals surface area (Å²) in [4.78, 5) is 12.5. The molecule has 110 valence electrons. The highest BCUT2D eigenvalue weighted by atomic mass is 19.4. The molecule has 2 rings (SSSR count). The number of aromatic carboxylic acids is 1. The lowest BCUT2D eigenvalue weighted by atomic mass is 9.97. The van der Waals surface area contributed by atoms with Crippen molar-refractivity contribution in [1.29, 1.82) is 0 Å². The van der Waals surface area contributed by atoms with Crippen LogP contribution in [-0.2, 0) is 6.54 Å². The molecule has 1 atom stereocenters. The Bertz CT molecular complexity index is 470. The summed E-state index contributed by atoms with van der Waals surface area (Å²) < 4.78 is 38.1. The largest absolute Gasteiger partial charge is 0.478 e. The predicted octanol–water partition coefficient (Wildman–Crippen LogP) is 3.16. The summed E-state index contributed by atoms with van der Waals surface area (Å²) in [7, 11) is 0. The molecule has 1 saturated heterocycles. The van der Waals surface area contributed by atoms with Crippen LogP contribution in [0.25, 0.3) is 0 Å². The van der Waals surface area contributed by atoms with Crippen molar-refractivity contribution in [3.8, 4) is 0 Å². The maximum Gasteiger partial charge on any atom is 0.393 e. The van der Waals surface area contributed by atoms with Gasteiger partial charge in [0, 0.05) is 13.1 Å². The number of piperidine rings is 1. The van der Waals surface area contributed by atoms with E-state index in [1.807, 2.05) is 0 Å². The van der Waals surface area contributed by atoms with Crippen molar-refractivity contribution in [3.63, 3.8) is 0 Å². The second-order valence-corrected chi connectivity index (χ2v) is 5.12. The fourth-order valence-corrected chi connectivity index (χ4v) is 2.48. The standard InChI is InChI=1S/C14H16F3NO2/c15-14(16,17)12-2-1-7-18(9-12)8-10-3-5-11(6-4-10)13(19)20/h3-6,12H,1-2,7-9H2,(H,19,20)/t12-/m1/s1. The van der Waals surface area contributed by atoms with Crippen molar-refractivity contribution in [2.75, 3.05) is 13.1 Å². The van der Waals surface area contributed by atoms with E-state index in [4.69, 9.17) is 5.11 Å². The molecule has 1 N–H and O–H groups in total. The molecular weight excluding hydrogens is 271 g/mol. The van der Waals surface area contributed by atoms with Crippen molar-refractivity contribution >= 4 is 5.97 Å². The molecule has 1 heterocycles. The highest BCUT2D eigenvalue weighted by Crippen LogP contribution is 2.33. The molecule has 1 aliphatic heterocycles. The Morgan fingerprint density at radius 1 is 1.30 bits per heavy atom. The number of carboxylic acids is 1. The summed E-state index contributed by atoms with van der Waals surface area (Å²) in [6.07, 6.45) is -3.40. The number of alkyl halides is 3. The minimum atomic E-state index is -4.13. The molecule has 0 aromatic heterocycles. The Hall–Kier alpha value is -1.56. The van der Waals surface area contributed by atoms with Gasteiger partial charge in [-0.2, -0.15) is 13.2 Å². The lowest BCUT2D eigenvalue weighted by Crippen LogP contribution is -2.41. The smallest absolute Gasteiger partial charge is 0.393 e. The van der Waals surface area contributed by atoms with Crippen LogP contribution in [0.5, 0.6) is 0 Å². The van der Waals surface area contributed by atoms with E-state index in [1.165, 1.54) is 12.1 Å². The molecule has 6 heteroatoms. The Labute approximate surface area is 115 Å². The summed E-state index contributed by atoms with van der Waals surface area (Å²) in [5, 5.41) is 8.79. The Balaban J connectivity index is 1.97. The first-order chi connectivity index (χ1) is 9.36. The number of halogens is 3. The van der Waals surface area contributed by atoms with Gasteiger partial charge in [0.05, 0.1) is 11.5 Å². The molecule has 0 amide bonds. The molecule has 0 radical (unpaired) electrons. The van der Waals surface area contributed by atoms with Gasteiger partial charge in [-0.3, -0.25) is 4.90 Å². The zero-order chi connectivity index (χ0) is 14.8. The van der Waals surface area contributed by atoms with Crippen LogP contribution in [-0.4, -0.2) is 35.2 Å². The summed E-state index contributed by atoms with van der Waals surface area (Å²) in [6, 6.07) is 6.26. The average molecular weight is 287 g/mol. The van der Waals surface area contributed by atoms with E-state index >= 15 is 0 Å². The van der Waals surface area contributed by atoms with Crippen molar-refractivity contribution < 1.29 is 23.1 Å². The second kappa shape index (κ2) is 5.83. The molecular formula is C14H16F3NO2. The van der Waals surface area contributed by atoms with Gasteiger partial charge < -0.3 is 5.11 Å². The lowest BCUT2D eigenvalue weighted by Gasteiger charge is -2.33. The molecule has 1 aromatic rings. The topological polar surface area (TPSA) is 40.5 Å². The third-order valence-corrected chi connectivity index (χ3v) is 3.58. The van der Waals surface area contributed by atoms with E-state index in [0.29, 0.717) is 19.5 Å². The Morgan fingerprint density at radius 2 is 1.95 bits per heavy atom. The molecule has 0 bridgehead atoms. The van der Waals surface area contributed by atoms with E-state index in [9.17, 15) is 18.0 Å². The Morgan fingerprint density at radius 3 is 2.50 bits per heavy atom. The fourth-order valence-electron chi connectivity index (χ4n) is 2.48. The minimum absolute atomic E-state index is 0.0180. The maximum atomic E-state index is 12.7. The molecule has 0 saturated carbocycles. The highest BCUT2D eigenvalue weighted by Gasteiger charge is 2.41. The van der Waals surface area contributed by atoms with Gasteiger partial charge in [-0.15, -0.1) is 0 Å². The van der Waals surface area contributed by atoms with Gasteiger partial charge in [0.2, 0.25) is 0 Å². The predicted molar refractivity (Wildman–Crippen MR) is 67.5 cm³/mol. The van der Waals surface area contributed by atoms with Crippen LogP contribution in [0, 0.1) is 5.92 Å². The summed E-state index contributed by atoms with van der Waals surface area (Å²) in [5.74, 6) is -2.26. The van der Waals surface area contributed by atoms with Crippen LogP contribution in [0.2, 0.25) is 0 Å². The fraction of sp³-hybridized carbons (Fsp3) is 0.500. The number of carboxylic acid groups (broad SMARTS) is 1. The summed E-state index contributed by atoms with van der Waals surface area (Å²) in [5.41, 5.74) is 1.01. The number of nitrogens with zero attached hydrogens (tertiary/aromatic N) is 1. The van der Waals surface area contributed by atoms with E-state index in [1.54, 1.807) is 17.0 Å². The van der Waals surface area contributed by atoms with E-state index in [-0.39, 0.29) is 18.5 Å². The quantitative estimate of drug-likeness (QED) is 0.928. The van der Waals surface area contributed by atoms with Crippen molar-refractivity contribution in [2.45, 2.75) is 25.6 Å². The van der Waals surface area contributed by atoms with Gasteiger partial charge in [0.15, 0.2) is 0 Å². The van der Waals surface area contributed by atoms with Gasteiger partial charge in [0.25, 0.3) is 0 Å². The molecule has 1 aromatic carbocycles. The molecule has 3 nitrogen and oxygen atoms in total. The second-order valence-electron chi connectivity index (χ2n) is 5.12. The first-order valence-electron chi connectivity index (χ1n) is 6.47. The van der Waals surface area contributed by atoms with E-state index < -0.39 is 18.1 Å².